The zero-order valence-corrected chi connectivity index (χ0v) is 17.4. The second kappa shape index (κ2) is 8.06. The van der Waals surface area contributed by atoms with Gasteiger partial charge in [0.1, 0.15) is 0 Å². The lowest BCUT2D eigenvalue weighted by atomic mass is 9.89. The van der Waals surface area contributed by atoms with Gasteiger partial charge in [-0.1, -0.05) is 13.0 Å². The molecule has 1 aromatic carbocycles. The predicted molar refractivity (Wildman–Crippen MR) is 112 cm³/mol. The maximum absolute atomic E-state index is 6.50. The standard InChI is InChI=1S/C21H35N5O2/c1-14-10-24(12-17(14)18(22)8-9-27-2)19-7-4-15-11-25(23)13-26(16-5-6-16)20(15)21(19)28-3/h4,7,14,16-18H,5-6,8-13,22-23H2,1-3H3/t14-,17+,18+/m1/s1. The van der Waals surface area contributed by atoms with Crippen molar-refractivity contribution in [3.05, 3.63) is 17.7 Å². The molecule has 0 aromatic heterocycles. The molecule has 4 N–H and O–H groups in total. The van der Waals surface area contributed by atoms with Crippen LogP contribution in [0.4, 0.5) is 11.4 Å². The Balaban J connectivity index is 1.61. The number of rotatable bonds is 7. The van der Waals surface area contributed by atoms with E-state index in [-0.39, 0.29) is 6.04 Å². The third kappa shape index (κ3) is 3.68. The summed E-state index contributed by atoms with van der Waals surface area (Å²) >= 11 is 0. The van der Waals surface area contributed by atoms with Gasteiger partial charge in [0.15, 0.2) is 5.75 Å². The Hall–Kier alpha value is -1.54. The van der Waals surface area contributed by atoms with E-state index in [0.29, 0.717) is 17.9 Å². The Morgan fingerprint density at radius 1 is 1.21 bits per heavy atom. The normalized spacial score (nSPS) is 26.5. The molecule has 1 saturated heterocycles. The average molecular weight is 390 g/mol. The maximum atomic E-state index is 6.50. The van der Waals surface area contributed by atoms with Gasteiger partial charge in [-0.25, -0.2) is 5.01 Å². The molecule has 0 bridgehead atoms. The first-order chi connectivity index (χ1) is 13.5. The maximum Gasteiger partial charge on any atom is 0.165 e. The number of hydrogen-bond acceptors (Lipinski definition) is 7. The van der Waals surface area contributed by atoms with Gasteiger partial charge in [-0.05, 0) is 42.7 Å². The van der Waals surface area contributed by atoms with Gasteiger partial charge in [0.25, 0.3) is 0 Å². The number of nitrogens with zero attached hydrogens (tertiary/aromatic N) is 3. The minimum absolute atomic E-state index is 0.164. The van der Waals surface area contributed by atoms with Crippen molar-refractivity contribution in [2.75, 3.05) is 50.4 Å². The summed E-state index contributed by atoms with van der Waals surface area (Å²) in [4.78, 5) is 4.89. The molecule has 3 aliphatic rings. The fraction of sp³-hybridized carbons (Fsp3) is 0.714. The van der Waals surface area contributed by atoms with Gasteiger partial charge in [-0.3, -0.25) is 5.84 Å². The largest absolute Gasteiger partial charge is 0.492 e. The van der Waals surface area contributed by atoms with Gasteiger partial charge >= 0.3 is 0 Å². The molecule has 0 radical (unpaired) electrons. The van der Waals surface area contributed by atoms with Crippen molar-refractivity contribution in [2.24, 2.45) is 23.4 Å². The Bertz CT molecular complexity index is 696. The number of anilines is 2. The summed E-state index contributed by atoms with van der Waals surface area (Å²) in [6.45, 7) is 6.53. The lowest BCUT2D eigenvalue weighted by molar-refractivity contribution is 0.176. The van der Waals surface area contributed by atoms with Crippen molar-refractivity contribution in [2.45, 2.75) is 44.8 Å². The summed E-state index contributed by atoms with van der Waals surface area (Å²) in [5.41, 5.74) is 10.2. The molecule has 2 fully saturated rings. The van der Waals surface area contributed by atoms with Crippen LogP contribution in [0, 0.1) is 11.8 Å². The van der Waals surface area contributed by atoms with E-state index in [0.717, 1.165) is 45.1 Å². The molecule has 2 aliphatic heterocycles. The molecule has 28 heavy (non-hydrogen) atoms. The second-order valence-electron chi connectivity index (χ2n) is 8.71. The number of fused-ring (bicyclic) bond motifs is 1. The summed E-state index contributed by atoms with van der Waals surface area (Å²) in [6.07, 6.45) is 3.37. The molecule has 4 rings (SSSR count). The van der Waals surface area contributed by atoms with Crippen molar-refractivity contribution < 1.29 is 9.47 Å². The van der Waals surface area contributed by atoms with Crippen LogP contribution in [0.3, 0.4) is 0 Å². The number of benzene rings is 1. The van der Waals surface area contributed by atoms with Gasteiger partial charge in [0, 0.05) is 45.4 Å². The highest BCUT2D eigenvalue weighted by atomic mass is 16.5. The van der Waals surface area contributed by atoms with Crippen LogP contribution < -0.4 is 26.1 Å². The number of methoxy groups -OCH3 is 2. The summed E-state index contributed by atoms with van der Waals surface area (Å²) in [7, 11) is 3.53. The number of hydrogen-bond donors (Lipinski definition) is 2. The van der Waals surface area contributed by atoms with E-state index in [1.165, 1.54) is 29.8 Å². The van der Waals surface area contributed by atoms with Gasteiger partial charge in [-0.2, -0.15) is 0 Å². The highest BCUT2D eigenvalue weighted by molar-refractivity contribution is 5.77. The summed E-state index contributed by atoms with van der Waals surface area (Å²) in [5, 5.41) is 1.89. The minimum Gasteiger partial charge on any atom is -0.492 e. The van der Waals surface area contributed by atoms with Gasteiger partial charge < -0.3 is 25.0 Å². The average Bonchev–Trinajstić information content (AvgIpc) is 3.46. The lowest BCUT2D eigenvalue weighted by Crippen LogP contribution is -2.47. The van der Waals surface area contributed by atoms with E-state index in [4.69, 9.17) is 21.1 Å². The molecule has 7 nitrogen and oxygen atoms in total. The molecule has 3 atom stereocenters. The molecule has 2 heterocycles. The first kappa shape index (κ1) is 19.8. The fourth-order valence-electron chi connectivity index (χ4n) is 4.93. The first-order valence-corrected chi connectivity index (χ1v) is 10.5. The van der Waals surface area contributed by atoms with Crippen LogP contribution in [0.25, 0.3) is 0 Å². The first-order valence-electron chi connectivity index (χ1n) is 10.5. The lowest BCUT2D eigenvalue weighted by Gasteiger charge is -2.38. The molecule has 0 spiro atoms. The zero-order chi connectivity index (χ0) is 19.8. The van der Waals surface area contributed by atoms with Crippen molar-refractivity contribution in [3.63, 3.8) is 0 Å². The fourth-order valence-corrected chi connectivity index (χ4v) is 4.93. The van der Waals surface area contributed by atoms with E-state index in [2.05, 4.69) is 28.9 Å². The zero-order valence-electron chi connectivity index (χ0n) is 17.4. The number of hydrazine groups is 1. The Kier molecular flexibility index (Phi) is 5.69. The van der Waals surface area contributed by atoms with Crippen LogP contribution in [0.2, 0.25) is 0 Å². The molecule has 1 saturated carbocycles. The molecule has 0 unspecified atom stereocenters. The van der Waals surface area contributed by atoms with E-state index in [1.807, 2.05) is 5.01 Å². The summed E-state index contributed by atoms with van der Waals surface area (Å²) in [6, 6.07) is 5.18. The molecule has 1 aromatic rings. The van der Waals surface area contributed by atoms with Gasteiger partial charge in [0.2, 0.25) is 0 Å². The van der Waals surface area contributed by atoms with E-state index < -0.39 is 0 Å². The van der Waals surface area contributed by atoms with Crippen molar-refractivity contribution in [3.8, 4) is 5.75 Å². The molecule has 156 valence electrons. The topological polar surface area (TPSA) is 80.2 Å². The molecular weight excluding hydrogens is 354 g/mol. The van der Waals surface area contributed by atoms with Crippen LogP contribution in [-0.2, 0) is 11.3 Å². The van der Waals surface area contributed by atoms with Crippen molar-refractivity contribution >= 4 is 11.4 Å². The molecule has 1 aliphatic carbocycles. The van der Waals surface area contributed by atoms with Crippen LogP contribution >= 0.6 is 0 Å². The molecule has 0 amide bonds. The number of nitrogens with two attached hydrogens (primary N) is 2. The predicted octanol–water partition coefficient (Wildman–Crippen LogP) is 1.75. The Morgan fingerprint density at radius 2 is 2.00 bits per heavy atom. The van der Waals surface area contributed by atoms with E-state index in [1.54, 1.807) is 14.2 Å². The van der Waals surface area contributed by atoms with E-state index in [9.17, 15) is 0 Å². The molecule has 7 heteroatoms. The Labute approximate surface area is 168 Å². The second-order valence-corrected chi connectivity index (χ2v) is 8.71. The summed E-state index contributed by atoms with van der Waals surface area (Å²) < 4.78 is 11.2. The Morgan fingerprint density at radius 3 is 2.68 bits per heavy atom. The smallest absolute Gasteiger partial charge is 0.165 e. The SMILES string of the molecule is COCC[C@H](N)[C@H]1CN(c2ccc3c(c2OC)N(C2CC2)CN(N)C3)C[C@H]1C. The monoisotopic (exact) mass is 389 g/mol. The number of ether oxygens (including phenoxy) is 2. The van der Waals surface area contributed by atoms with Crippen LogP contribution in [0.15, 0.2) is 12.1 Å². The third-order valence-corrected chi connectivity index (χ3v) is 6.60. The van der Waals surface area contributed by atoms with Crippen molar-refractivity contribution in [1.29, 1.82) is 0 Å². The van der Waals surface area contributed by atoms with Gasteiger partial charge in [0.05, 0.1) is 25.2 Å². The van der Waals surface area contributed by atoms with Crippen LogP contribution in [0.5, 0.6) is 5.75 Å². The highest BCUT2D eigenvalue weighted by Crippen LogP contribution is 2.47. The minimum atomic E-state index is 0.164. The van der Waals surface area contributed by atoms with Crippen LogP contribution in [-0.4, -0.2) is 57.7 Å². The quantitative estimate of drug-likeness (QED) is 0.688. The van der Waals surface area contributed by atoms with Gasteiger partial charge in [-0.15, -0.1) is 0 Å². The molecular formula is C21H35N5O2. The summed E-state index contributed by atoms with van der Waals surface area (Å²) in [5.74, 6) is 8.19. The van der Waals surface area contributed by atoms with Crippen LogP contribution in [0.1, 0.15) is 31.7 Å². The van der Waals surface area contributed by atoms with E-state index >= 15 is 0 Å². The highest BCUT2D eigenvalue weighted by Gasteiger charge is 2.39. The third-order valence-electron chi connectivity index (χ3n) is 6.60. The van der Waals surface area contributed by atoms with Crippen molar-refractivity contribution in [1.82, 2.24) is 5.01 Å².